The van der Waals surface area contributed by atoms with Crippen LogP contribution in [0.15, 0.2) is 20.9 Å². The molecule has 9 heavy (non-hydrogen) atoms. The van der Waals surface area contributed by atoms with E-state index < -0.39 is 0 Å². The zero-order valence-electron chi connectivity index (χ0n) is 4.13. The molecule has 0 atom stereocenters. The summed E-state index contributed by atoms with van der Waals surface area (Å²) in [7, 11) is 0. The maximum Gasteiger partial charge on any atom is 0.195 e. The molecule has 8 nitrogen and oxygen atoms in total. The van der Waals surface area contributed by atoms with Gasteiger partial charge in [0.05, 0.1) is 0 Å². The molecule has 0 saturated carbocycles. The fourth-order valence-corrected chi connectivity index (χ4v) is 0.136. The Balaban J connectivity index is 3.36. The topological polar surface area (TPSA) is 108 Å². The highest BCUT2D eigenvalue weighted by molar-refractivity contribution is 7.51. The van der Waals surface area contributed by atoms with Crippen molar-refractivity contribution in [2.75, 3.05) is 0 Å². The molecule has 0 amide bonds. The van der Waals surface area contributed by atoms with Gasteiger partial charge >= 0.3 is 0 Å². The van der Waals surface area contributed by atoms with Crippen LogP contribution in [-0.4, -0.2) is 4.27 Å². The van der Waals surface area contributed by atoms with Gasteiger partial charge in [0.2, 0.25) is 0 Å². The Kier molecular flexibility index (Phi) is 4.04. The maximum absolute atomic E-state index is 9.77. The second-order valence-electron chi connectivity index (χ2n) is 0.751. The largest absolute Gasteiger partial charge is 0.478 e. The molecule has 0 aromatic carbocycles. The molecule has 0 rings (SSSR count). The summed E-state index contributed by atoms with van der Waals surface area (Å²) >= 11 is 3.94. The predicted molar refractivity (Wildman–Crippen MR) is 28.0 cm³/mol. The van der Waals surface area contributed by atoms with E-state index in [1.54, 1.807) is 5.53 Å². The average Bonchev–Trinajstić information content (AvgIpc) is 1.80. The number of hydrogen-bond donors (Lipinski definition) is 2. The van der Waals surface area contributed by atoms with Crippen molar-refractivity contribution < 1.29 is 4.27 Å². The van der Waals surface area contributed by atoms with E-state index in [1.165, 1.54) is 0 Å². The van der Waals surface area contributed by atoms with Crippen LogP contribution in [0.4, 0.5) is 0 Å². The molecule has 0 aromatic rings. The van der Waals surface area contributed by atoms with Crippen LogP contribution < -0.4 is 11.4 Å². The molecule has 0 aliphatic carbocycles. The Morgan fingerprint density at radius 2 is 2.22 bits per heavy atom. The Labute approximate surface area is 55.2 Å². The van der Waals surface area contributed by atoms with Gasteiger partial charge in [0.15, 0.2) is 5.22 Å². The average molecular weight is 149 g/mol. The third-order valence-electron chi connectivity index (χ3n) is 0.263. The van der Waals surface area contributed by atoms with E-state index in [0.717, 1.165) is 0 Å². The predicted octanol–water partition coefficient (Wildman–Crippen LogP) is -0.660. The van der Waals surface area contributed by atoms with Crippen LogP contribution in [0.2, 0.25) is 0 Å². The van der Waals surface area contributed by atoms with Crippen LogP contribution >= 0.6 is 0 Å². The van der Waals surface area contributed by atoms with Crippen molar-refractivity contribution in [3.8, 4) is 0 Å². The standard InChI is InChI=1S/H3N7OS/c1-2-3-4-5-6-7(8)9/h(H2,1,3,5)(H,2,4,6,8,9). The molecule has 0 saturated heterocycles. The van der Waals surface area contributed by atoms with E-state index in [0.29, 0.717) is 0 Å². The van der Waals surface area contributed by atoms with E-state index in [-0.39, 0.29) is 4.27 Å². The van der Waals surface area contributed by atoms with Crippen molar-refractivity contribution in [3.05, 3.63) is 4.91 Å². The highest BCUT2D eigenvalue weighted by Gasteiger charge is 1.80. The van der Waals surface area contributed by atoms with Gasteiger partial charge in [-0.15, -0.1) is 0 Å². The van der Waals surface area contributed by atoms with Gasteiger partial charge < -0.3 is 18.7 Å². The first-order valence-corrected chi connectivity index (χ1v) is 2.04. The van der Waals surface area contributed by atoms with E-state index in [9.17, 15) is 4.91 Å². The highest BCUT2D eigenvalue weighted by Crippen LogP contribution is 1.70. The summed E-state index contributed by atoms with van der Waals surface area (Å²) in [5.74, 6) is 4.50. The van der Waals surface area contributed by atoms with Crippen molar-refractivity contribution in [3.63, 3.8) is 0 Å². The van der Waals surface area contributed by atoms with E-state index in [4.69, 9.17) is 0 Å². The molecule has 0 bridgehead atoms. The van der Waals surface area contributed by atoms with Crippen LogP contribution in [0, 0.1) is 4.91 Å². The summed E-state index contributed by atoms with van der Waals surface area (Å²) in [5.41, 5.74) is 1.72. The van der Waals surface area contributed by atoms with Crippen LogP contribution in [0.25, 0.3) is 0 Å². The van der Waals surface area contributed by atoms with Crippen LogP contribution in [-0.2, 0) is 12.8 Å². The number of nitrogens with two attached hydrogens (primary N) is 1. The lowest BCUT2D eigenvalue weighted by Gasteiger charge is -1.86. The smallest absolute Gasteiger partial charge is 0.195 e. The molecule has 50 valence electrons. The summed E-state index contributed by atoms with van der Waals surface area (Å²) in [6, 6.07) is 0. The maximum atomic E-state index is 9.77. The lowest BCUT2D eigenvalue weighted by atomic mass is 12.4. The zero-order valence-corrected chi connectivity index (χ0v) is 4.95. The Hall–Kier alpha value is -1.38. The lowest BCUT2D eigenvalue weighted by molar-refractivity contribution is -0.444. The quantitative estimate of drug-likeness (QED) is 0.182. The SMILES string of the molecule is N/N=N/N=N/N[N+](=O)[S-]. The fourth-order valence-electron chi connectivity index (χ4n) is 0.0996. The first-order valence-electron chi connectivity index (χ1n) is 1.67. The molecular weight excluding hydrogens is 146 g/mol. The first kappa shape index (κ1) is 7.62. The minimum absolute atomic E-state index is 0.0739. The summed E-state index contributed by atoms with van der Waals surface area (Å²) < 4.78 is -0.0739. The van der Waals surface area contributed by atoms with Crippen LogP contribution in [0.1, 0.15) is 0 Å². The van der Waals surface area contributed by atoms with Crippen molar-refractivity contribution in [2.45, 2.75) is 0 Å². The number of hydrogen-bond acceptors (Lipinski definition) is 4. The normalized spacial score (nSPS) is 10.7. The minimum atomic E-state index is -0.0739. The number of hydrazine groups is 1. The van der Waals surface area contributed by atoms with Gasteiger partial charge in [0.25, 0.3) is 0 Å². The van der Waals surface area contributed by atoms with Crippen LogP contribution in [0.3, 0.4) is 0 Å². The molecule has 0 aliphatic heterocycles. The van der Waals surface area contributed by atoms with Gasteiger partial charge in [-0.25, -0.2) is 0 Å². The van der Waals surface area contributed by atoms with E-state index in [2.05, 4.69) is 39.6 Å². The van der Waals surface area contributed by atoms with Gasteiger partial charge in [0.1, 0.15) is 5.22 Å². The second-order valence-corrected chi connectivity index (χ2v) is 1.08. The zero-order chi connectivity index (χ0) is 7.11. The van der Waals surface area contributed by atoms with Gasteiger partial charge in [-0.3, -0.25) is 0 Å². The summed E-state index contributed by atoms with van der Waals surface area (Å²) in [5, 5.41) is 11.3. The first-order chi connectivity index (χ1) is 4.27. The molecular formula is H3N7OS. The third-order valence-corrected chi connectivity index (χ3v) is 0.344. The lowest BCUT2D eigenvalue weighted by Crippen LogP contribution is -2.12. The molecule has 0 spiro atoms. The van der Waals surface area contributed by atoms with Crippen molar-refractivity contribution in [2.24, 2.45) is 26.7 Å². The number of rotatable bonds is 3. The summed E-state index contributed by atoms with van der Waals surface area (Å²) in [6.45, 7) is 0. The third kappa shape index (κ3) is 6.62. The van der Waals surface area contributed by atoms with Crippen molar-refractivity contribution >= 4 is 12.8 Å². The molecule has 9 heteroatoms. The number of nitroso groups, excluding NO2 is 1. The van der Waals surface area contributed by atoms with Gasteiger partial charge in [-0.1, -0.05) is 14.4 Å². The molecule has 0 fully saturated rings. The van der Waals surface area contributed by atoms with E-state index in [1.807, 2.05) is 0 Å². The summed E-state index contributed by atoms with van der Waals surface area (Å²) in [4.78, 5) is 9.77. The fraction of sp³-hybridized carbons (Fsp3) is 0. The second kappa shape index (κ2) is 4.77. The molecule has 0 unspecified atom stereocenters. The molecule has 0 aromatic heterocycles. The highest BCUT2D eigenvalue weighted by atomic mass is 32.1. The monoisotopic (exact) mass is 149 g/mol. The molecule has 3 N–H and O–H groups in total. The van der Waals surface area contributed by atoms with Gasteiger partial charge in [-0.05, 0) is 5.53 Å². The summed E-state index contributed by atoms with van der Waals surface area (Å²) in [6.07, 6.45) is 0. The Morgan fingerprint density at radius 1 is 1.56 bits per heavy atom. The van der Waals surface area contributed by atoms with Gasteiger partial charge in [-0.2, -0.15) is 0 Å². The molecule has 0 heterocycles. The minimum Gasteiger partial charge on any atom is -0.478 e. The number of nitrogens with one attached hydrogen (secondary N) is 1. The Morgan fingerprint density at radius 3 is 2.67 bits per heavy atom. The van der Waals surface area contributed by atoms with Crippen LogP contribution in [0.5, 0.6) is 0 Å². The molecule has 0 aliphatic rings. The number of nitrogens with zero attached hydrogens (tertiary/aromatic N) is 5. The van der Waals surface area contributed by atoms with E-state index >= 15 is 0 Å². The van der Waals surface area contributed by atoms with Crippen molar-refractivity contribution in [1.29, 1.82) is 0 Å². The molecule has 0 radical (unpaired) electrons. The Bertz CT molecular complexity index is 136. The van der Waals surface area contributed by atoms with Gasteiger partial charge in [0, 0.05) is 5.22 Å². The van der Waals surface area contributed by atoms with Crippen molar-refractivity contribution in [1.82, 2.24) is 5.53 Å².